The minimum atomic E-state index is -0.729. The molecule has 0 bridgehead atoms. The molecule has 1 fully saturated rings. The third-order valence-corrected chi connectivity index (χ3v) is 5.48. The largest absolute Gasteiger partial charge is 0.452 e. The minimum Gasteiger partial charge on any atom is -0.452 e. The van der Waals surface area contributed by atoms with Crippen molar-refractivity contribution in [3.63, 3.8) is 0 Å². The van der Waals surface area contributed by atoms with Gasteiger partial charge in [0.2, 0.25) is 11.8 Å². The second-order valence-corrected chi connectivity index (χ2v) is 8.08. The molecule has 1 aliphatic rings. The first-order valence-corrected chi connectivity index (χ1v) is 11.3. The van der Waals surface area contributed by atoms with E-state index in [1.165, 1.54) is 6.07 Å². The number of nitrogens with one attached hydrogen (secondary N) is 2. The van der Waals surface area contributed by atoms with Crippen LogP contribution in [0.15, 0.2) is 78.9 Å². The van der Waals surface area contributed by atoms with Gasteiger partial charge in [0.15, 0.2) is 6.61 Å². The smallest absolute Gasteiger partial charge is 0.340 e. The lowest BCUT2D eigenvalue weighted by molar-refractivity contribution is -0.119. The first-order chi connectivity index (χ1) is 17.0. The van der Waals surface area contributed by atoms with Crippen LogP contribution in [0.25, 0.3) is 0 Å². The highest BCUT2D eigenvalue weighted by atomic mass is 16.5. The molecule has 1 aliphatic heterocycles. The summed E-state index contributed by atoms with van der Waals surface area (Å²) in [5.41, 5.74) is 2.51. The number of anilines is 3. The summed E-state index contributed by atoms with van der Waals surface area (Å²) >= 11 is 0. The predicted octanol–water partition coefficient (Wildman–Crippen LogP) is 3.79. The second-order valence-electron chi connectivity index (χ2n) is 8.08. The van der Waals surface area contributed by atoms with Crippen LogP contribution >= 0.6 is 0 Å². The fourth-order valence-corrected chi connectivity index (χ4v) is 3.82. The van der Waals surface area contributed by atoms with E-state index in [-0.39, 0.29) is 23.8 Å². The lowest BCUT2D eigenvalue weighted by Crippen LogP contribution is -2.24. The van der Waals surface area contributed by atoms with Gasteiger partial charge in [0.1, 0.15) is 0 Å². The zero-order valence-electron chi connectivity index (χ0n) is 19.0. The third-order valence-electron chi connectivity index (χ3n) is 5.48. The van der Waals surface area contributed by atoms with Crippen LogP contribution in [0.3, 0.4) is 0 Å². The fourth-order valence-electron chi connectivity index (χ4n) is 3.82. The van der Waals surface area contributed by atoms with Gasteiger partial charge >= 0.3 is 5.97 Å². The van der Waals surface area contributed by atoms with Crippen LogP contribution in [0.2, 0.25) is 0 Å². The summed E-state index contributed by atoms with van der Waals surface area (Å²) in [6, 6.07) is 22.7. The van der Waals surface area contributed by atoms with E-state index in [1.54, 1.807) is 41.3 Å². The van der Waals surface area contributed by atoms with Gasteiger partial charge in [-0.2, -0.15) is 0 Å². The Hall–Kier alpha value is -4.46. The standard InChI is InChI=1S/C27H25N3O5/c31-24(16-19-8-2-1-3-9-19)29-23-13-5-4-12-22(23)27(34)35-18-25(32)28-20-10-6-11-21(17-20)30-15-7-14-26(30)33/h1-6,8-13,17H,7,14-16,18H2,(H,28,32)(H,29,31). The molecule has 178 valence electrons. The van der Waals surface area contributed by atoms with Crippen LogP contribution in [-0.4, -0.2) is 36.8 Å². The highest BCUT2D eigenvalue weighted by Crippen LogP contribution is 2.24. The number of benzene rings is 3. The summed E-state index contributed by atoms with van der Waals surface area (Å²) in [4.78, 5) is 51.1. The van der Waals surface area contributed by atoms with Crippen molar-refractivity contribution in [2.45, 2.75) is 19.3 Å². The molecule has 8 nitrogen and oxygen atoms in total. The molecule has 1 heterocycles. The number of amides is 3. The molecule has 1 saturated heterocycles. The lowest BCUT2D eigenvalue weighted by atomic mass is 10.1. The van der Waals surface area contributed by atoms with Gasteiger partial charge in [0.05, 0.1) is 17.7 Å². The van der Waals surface area contributed by atoms with Gasteiger partial charge in [-0.1, -0.05) is 48.5 Å². The van der Waals surface area contributed by atoms with E-state index >= 15 is 0 Å². The number of para-hydroxylation sites is 1. The molecule has 35 heavy (non-hydrogen) atoms. The highest BCUT2D eigenvalue weighted by molar-refractivity contribution is 6.03. The zero-order chi connectivity index (χ0) is 24.6. The van der Waals surface area contributed by atoms with Gasteiger partial charge in [-0.15, -0.1) is 0 Å². The Morgan fingerprint density at radius 1 is 0.857 bits per heavy atom. The lowest BCUT2D eigenvalue weighted by Gasteiger charge is -2.16. The maximum Gasteiger partial charge on any atom is 0.340 e. The normalized spacial score (nSPS) is 12.8. The average Bonchev–Trinajstić information content (AvgIpc) is 3.29. The quantitative estimate of drug-likeness (QED) is 0.487. The predicted molar refractivity (Wildman–Crippen MR) is 132 cm³/mol. The molecule has 0 unspecified atom stereocenters. The van der Waals surface area contributed by atoms with Crippen molar-refractivity contribution in [1.82, 2.24) is 0 Å². The first-order valence-electron chi connectivity index (χ1n) is 11.3. The van der Waals surface area contributed by atoms with Crippen LogP contribution in [-0.2, 0) is 25.5 Å². The number of hydrogen-bond acceptors (Lipinski definition) is 5. The van der Waals surface area contributed by atoms with Crippen molar-refractivity contribution < 1.29 is 23.9 Å². The van der Waals surface area contributed by atoms with E-state index in [1.807, 2.05) is 36.4 Å². The van der Waals surface area contributed by atoms with E-state index < -0.39 is 18.5 Å². The van der Waals surface area contributed by atoms with E-state index in [0.717, 1.165) is 12.0 Å². The van der Waals surface area contributed by atoms with Crippen LogP contribution in [0, 0.1) is 0 Å². The summed E-state index contributed by atoms with van der Waals surface area (Å²) in [5, 5.41) is 5.41. The molecule has 2 N–H and O–H groups in total. The number of hydrogen-bond donors (Lipinski definition) is 2. The number of ether oxygens (including phenoxy) is 1. The van der Waals surface area contributed by atoms with E-state index in [2.05, 4.69) is 10.6 Å². The van der Waals surface area contributed by atoms with Crippen LogP contribution in [0.4, 0.5) is 17.1 Å². The van der Waals surface area contributed by atoms with Crippen molar-refractivity contribution in [3.05, 3.63) is 90.0 Å². The third kappa shape index (κ3) is 6.32. The molecular formula is C27H25N3O5. The summed E-state index contributed by atoms with van der Waals surface area (Å²) in [7, 11) is 0. The molecule has 3 amide bonds. The number of nitrogens with zero attached hydrogens (tertiary/aromatic N) is 1. The maximum atomic E-state index is 12.6. The molecular weight excluding hydrogens is 446 g/mol. The Kier molecular flexibility index (Phi) is 7.52. The van der Waals surface area contributed by atoms with Gasteiger partial charge in [0, 0.05) is 24.3 Å². The molecule has 8 heteroatoms. The van der Waals surface area contributed by atoms with Crippen molar-refractivity contribution in [1.29, 1.82) is 0 Å². The number of carbonyl (C=O) groups excluding carboxylic acids is 4. The second kappa shape index (κ2) is 11.1. The molecule has 4 rings (SSSR count). The molecule has 0 saturated carbocycles. The Bertz CT molecular complexity index is 1240. The van der Waals surface area contributed by atoms with Crippen molar-refractivity contribution >= 4 is 40.8 Å². The van der Waals surface area contributed by atoms with Crippen molar-refractivity contribution in [2.75, 3.05) is 28.7 Å². The number of carbonyl (C=O) groups is 4. The molecule has 0 atom stereocenters. The molecule has 0 aromatic heterocycles. The van der Waals surface area contributed by atoms with Crippen LogP contribution < -0.4 is 15.5 Å². The first kappa shape index (κ1) is 23.7. The highest BCUT2D eigenvalue weighted by Gasteiger charge is 2.22. The van der Waals surface area contributed by atoms with Gasteiger partial charge in [-0.25, -0.2) is 4.79 Å². The van der Waals surface area contributed by atoms with Crippen LogP contribution in [0.5, 0.6) is 0 Å². The summed E-state index contributed by atoms with van der Waals surface area (Å²) in [6.45, 7) is 0.146. The molecule has 0 aliphatic carbocycles. The topological polar surface area (TPSA) is 105 Å². The van der Waals surface area contributed by atoms with E-state index in [4.69, 9.17) is 4.74 Å². The summed E-state index contributed by atoms with van der Waals surface area (Å²) in [6.07, 6.45) is 1.48. The number of rotatable bonds is 8. The van der Waals surface area contributed by atoms with Crippen LogP contribution in [0.1, 0.15) is 28.8 Å². The van der Waals surface area contributed by atoms with E-state index in [0.29, 0.717) is 30.0 Å². The Morgan fingerprint density at radius 2 is 1.63 bits per heavy atom. The van der Waals surface area contributed by atoms with Gasteiger partial charge in [-0.05, 0) is 42.3 Å². The van der Waals surface area contributed by atoms with Crippen molar-refractivity contribution in [3.8, 4) is 0 Å². The minimum absolute atomic E-state index is 0.0527. The SMILES string of the molecule is O=C(COC(=O)c1ccccc1NC(=O)Cc1ccccc1)Nc1cccc(N2CCCC2=O)c1. The summed E-state index contributed by atoms with van der Waals surface area (Å²) < 4.78 is 5.18. The van der Waals surface area contributed by atoms with Crippen molar-refractivity contribution in [2.24, 2.45) is 0 Å². The molecule has 3 aromatic carbocycles. The van der Waals surface area contributed by atoms with Gasteiger partial charge < -0.3 is 20.3 Å². The van der Waals surface area contributed by atoms with E-state index in [9.17, 15) is 19.2 Å². The average molecular weight is 472 g/mol. The fraction of sp³-hybridized carbons (Fsp3) is 0.185. The molecule has 0 radical (unpaired) electrons. The Labute approximate surface area is 202 Å². The van der Waals surface area contributed by atoms with Gasteiger partial charge in [0.25, 0.3) is 5.91 Å². The zero-order valence-corrected chi connectivity index (χ0v) is 19.0. The Morgan fingerprint density at radius 3 is 2.40 bits per heavy atom. The number of esters is 1. The molecule has 0 spiro atoms. The Balaban J connectivity index is 1.33. The maximum absolute atomic E-state index is 12.6. The monoisotopic (exact) mass is 471 g/mol. The molecule has 3 aromatic rings. The summed E-state index contributed by atoms with van der Waals surface area (Å²) in [5.74, 6) is -1.47. The van der Waals surface area contributed by atoms with Gasteiger partial charge in [-0.3, -0.25) is 14.4 Å².